The van der Waals surface area contributed by atoms with Crippen molar-refractivity contribution in [3.8, 4) is 11.8 Å². The van der Waals surface area contributed by atoms with E-state index in [4.69, 9.17) is 4.74 Å². The number of rotatable bonds is 2. The fourth-order valence-corrected chi connectivity index (χ4v) is 3.77. The number of nitriles is 1. The van der Waals surface area contributed by atoms with E-state index in [1.165, 1.54) is 0 Å². The Morgan fingerprint density at radius 1 is 1.29 bits per heavy atom. The van der Waals surface area contributed by atoms with Crippen LogP contribution in [0.3, 0.4) is 0 Å². The molecule has 1 heterocycles. The quantitative estimate of drug-likeness (QED) is 0.907. The summed E-state index contributed by atoms with van der Waals surface area (Å²) < 4.78 is 5.78. The van der Waals surface area contributed by atoms with Gasteiger partial charge in [0, 0.05) is 6.42 Å². The molecular weight excluding hydrogens is 262 g/mol. The predicted molar refractivity (Wildman–Crippen MR) is 80.8 cm³/mol. The van der Waals surface area contributed by atoms with Crippen LogP contribution in [0.1, 0.15) is 38.2 Å². The highest BCUT2D eigenvalue weighted by Gasteiger charge is 2.46. The van der Waals surface area contributed by atoms with E-state index in [2.05, 4.69) is 13.0 Å². The summed E-state index contributed by atoms with van der Waals surface area (Å²) in [5.74, 6) is 1.83. The zero-order valence-electron chi connectivity index (χ0n) is 12.6. The monoisotopic (exact) mass is 285 g/mol. The molecule has 0 radical (unpaired) electrons. The highest BCUT2D eigenvalue weighted by molar-refractivity contribution is 5.38. The van der Waals surface area contributed by atoms with E-state index in [-0.39, 0.29) is 5.92 Å². The van der Waals surface area contributed by atoms with E-state index in [0.29, 0.717) is 13.0 Å². The average Bonchev–Trinajstić information content (AvgIpc) is 2.54. The number of benzene rings is 1. The molecule has 1 aromatic rings. The zero-order chi connectivity index (χ0) is 14.9. The van der Waals surface area contributed by atoms with Crippen molar-refractivity contribution in [3.05, 3.63) is 29.8 Å². The minimum absolute atomic E-state index is 0.231. The van der Waals surface area contributed by atoms with E-state index >= 15 is 0 Å². The maximum atomic E-state index is 10.9. The number of hydrogen-bond acceptors (Lipinski definition) is 3. The van der Waals surface area contributed by atoms with Crippen LogP contribution >= 0.6 is 0 Å². The van der Waals surface area contributed by atoms with Gasteiger partial charge in [0.25, 0.3) is 0 Å². The topological polar surface area (TPSA) is 53.2 Å². The van der Waals surface area contributed by atoms with Gasteiger partial charge in [-0.1, -0.05) is 38.0 Å². The van der Waals surface area contributed by atoms with E-state index in [1.807, 2.05) is 24.3 Å². The van der Waals surface area contributed by atoms with Gasteiger partial charge in [0.15, 0.2) is 0 Å². The van der Waals surface area contributed by atoms with Gasteiger partial charge in [-0.15, -0.1) is 0 Å². The lowest BCUT2D eigenvalue weighted by atomic mass is 9.68. The smallest absolute Gasteiger partial charge is 0.122 e. The highest BCUT2D eigenvalue weighted by atomic mass is 16.5. The van der Waals surface area contributed by atoms with Gasteiger partial charge in [0.05, 0.1) is 12.2 Å². The number of aliphatic hydroxyl groups is 1. The summed E-state index contributed by atoms with van der Waals surface area (Å²) in [4.78, 5) is 0. The second-order valence-corrected chi connectivity index (χ2v) is 6.81. The van der Waals surface area contributed by atoms with Gasteiger partial charge < -0.3 is 9.84 Å². The molecule has 1 N–H and O–H groups in total. The van der Waals surface area contributed by atoms with Crippen LogP contribution in [0, 0.1) is 28.6 Å². The van der Waals surface area contributed by atoms with Crippen LogP contribution in [0.5, 0.6) is 5.75 Å². The maximum absolute atomic E-state index is 10.9. The largest absolute Gasteiger partial charge is 0.492 e. The maximum Gasteiger partial charge on any atom is 0.122 e. The summed E-state index contributed by atoms with van der Waals surface area (Å²) in [6.07, 6.45) is 4.35. The molecule has 0 spiro atoms. The SMILES string of the molecule is CC1CCC(C(O)C2(C#N)COc3ccccc3C2)CC1. The molecule has 3 heteroatoms. The lowest BCUT2D eigenvalue weighted by Crippen LogP contribution is -2.48. The van der Waals surface area contributed by atoms with Crippen molar-refractivity contribution in [2.75, 3.05) is 6.61 Å². The molecule has 112 valence electrons. The molecule has 0 bridgehead atoms. The van der Waals surface area contributed by atoms with Crippen molar-refractivity contribution in [2.45, 2.75) is 45.1 Å². The van der Waals surface area contributed by atoms with Crippen LogP contribution < -0.4 is 4.74 Å². The Bertz CT molecular complexity index is 542. The first-order valence-electron chi connectivity index (χ1n) is 7.94. The van der Waals surface area contributed by atoms with Crippen LogP contribution in [0.2, 0.25) is 0 Å². The molecule has 0 amide bonds. The summed E-state index contributed by atoms with van der Waals surface area (Å²) in [6.45, 7) is 2.57. The second kappa shape index (κ2) is 5.69. The molecule has 1 aromatic carbocycles. The minimum atomic E-state index is -0.792. The van der Waals surface area contributed by atoms with Crippen molar-refractivity contribution in [1.82, 2.24) is 0 Å². The first kappa shape index (κ1) is 14.4. The Balaban J connectivity index is 1.80. The highest BCUT2D eigenvalue weighted by Crippen LogP contribution is 2.42. The normalized spacial score (nSPS) is 33.4. The lowest BCUT2D eigenvalue weighted by Gasteiger charge is -2.41. The minimum Gasteiger partial charge on any atom is -0.492 e. The molecule has 2 atom stereocenters. The molecular formula is C18H23NO2. The lowest BCUT2D eigenvalue weighted by molar-refractivity contribution is -0.0333. The Kier molecular flexibility index (Phi) is 3.91. The van der Waals surface area contributed by atoms with Crippen LogP contribution in [0.25, 0.3) is 0 Å². The van der Waals surface area contributed by atoms with E-state index in [9.17, 15) is 10.4 Å². The Morgan fingerprint density at radius 2 is 2.00 bits per heavy atom. The molecule has 1 aliphatic carbocycles. The summed E-state index contributed by atoms with van der Waals surface area (Å²) >= 11 is 0. The average molecular weight is 285 g/mol. The number of para-hydroxylation sites is 1. The molecule has 2 unspecified atom stereocenters. The standard InChI is InChI=1S/C18H23NO2/c1-13-6-8-14(9-7-13)17(20)18(11-19)10-15-4-2-3-5-16(15)21-12-18/h2-5,13-14,17,20H,6-10,12H2,1H3. The van der Waals surface area contributed by atoms with Crippen molar-refractivity contribution >= 4 is 0 Å². The summed E-state index contributed by atoms with van der Waals surface area (Å²) in [5, 5.41) is 20.6. The Morgan fingerprint density at radius 3 is 2.71 bits per heavy atom. The first-order chi connectivity index (χ1) is 10.1. The van der Waals surface area contributed by atoms with Gasteiger partial charge >= 0.3 is 0 Å². The molecule has 0 aromatic heterocycles. The van der Waals surface area contributed by atoms with E-state index in [0.717, 1.165) is 42.9 Å². The van der Waals surface area contributed by atoms with Crippen molar-refractivity contribution in [3.63, 3.8) is 0 Å². The molecule has 21 heavy (non-hydrogen) atoms. The third-order valence-electron chi connectivity index (χ3n) is 5.26. The zero-order valence-corrected chi connectivity index (χ0v) is 12.6. The first-order valence-corrected chi connectivity index (χ1v) is 7.94. The third kappa shape index (κ3) is 2.65. The second-order valence-electron chi connectivity index (χ2n) is 6.81. The van der Waals surface area contributed by atoms with Gasteiger partial charge in [0.1, 0.15) is 17.8 Å². The van der Waals surface area contributed by atoms with E-state index < -0.39 is 11.5 Å². The van der Waals surface area contributed by atoms with Gasteiger partial charge in [-0.3, -0.25) is 0 Å². The number of aliphatic hydroxyl groups excluding tert-OH is 1. The molecule has 2 aliphatic rings. The van der Waals surface area contributed by atoms with Crippen molar-refractivity contribution in [2.24, 2.45) is 17.3 Å². The molecule has 3 nitrogen and oxygen atoms in total. The number of ether oxygens (including phenoxy) is 1. The van der Waals surface area contributed by atoms with Gasteiger partial charge in [-0.05, 0) is 36.3 Å². The van der Waals surface area contributed by atoms with Gasteiger partial charge in [-0.2, -0.15) is 5.26 Å². The molecule has 1 aliphatic heterocycles. The Labute approximate surface area is 126 Å². The van der Waals surface area contributed by atoms with Crippen LogP contribution in [-0.4, -0.2) is 17.8 Å². The molecule has 1 fully saturated rings. The van der Waals surface area contributed by atoms with Gasteiger partial charge in [0.2, 0.25) is 0 Å². The predicted octanol–water partition coefficient (Wildman–Crippen LogP) is 3.32. The summed E-state index contributed by atoms with van der Waals surface area (Å²) in [6, 6.07) is 10.2. The van der Waals surface area contributed by atoms with Crippen LogP contribution in [0.15, 0.2) is 24.3 Å². The molecule has 3 rings (SSSR count). The molecule has 1 saturated carbocycles. The number of hydrogen-bond donors (Lipinski definition) is 1. The fraction of sp³-hybridized carbons (Fsp3) is 0.611. The van der Waals surface area contributed by atoms with Gasteiger partial charge in [-0.25, -0.2) is 0 Å². The van der Waals surface area contributed by atoms with Crippen molar-refractivity contribution in [1.29, 1.82) is 5.26 Å². The number of nitrogens with zero attached hydrogens (tertiary/aromatic N) is 1. The summed E-state index contributed by atoms with van der Waals surface area (Å²) in [5.41, 5.74) is 0.244. The van der Waals surface area contributed by atoms with Crippen molar-refractivity contribution < 1.29 is 9.84 Å². The van der Waals surface area contributed by atoms with Crippen LogP contribution in [-0.2, 0) is 6.42 Å². The third-order valence-corrected chi connectivity index (χ3v) is 5.26. The fourth-order valence-electron chi connectivity index (χ4n) is 3.77. The van der Waals surface area contributed by atoms with Crippen LogP contribution in [0.4, 0.5) is 0 Å². The van der Waals surface area contributed by atoms with E-state index in [1.54, 1.807) is 0 Å². The summed E-state index contributed by atoms with van der Waals surface area (Å²) in [7, 11) is 0. The number of fused-ring (bicyclic) bond motifs is 1. The molecule has 0 saturated heterocycles. The Hall–Kier alpha value is -1.53.